The minimum absolute atomic E-state index is 0.0642. The van der Waals surface area contributed by atoms with Crippen LogP contribution in [0.5, 0.6) is 0 Å². The third-order valence-corrected chi connectivity index (χ3v) is 5.30. The number of benzene rings is 1. The number of likely N-dealkylation sites (N-methyl/N-ethyl adjacent to an activating group) is 1. The second-order valence-electron chi connectivity index (χ2n) is 7.08. The van der Waals surface area contributed by atoms with Crippen LogP contribution in [0.15, 0.2) is 30.3 Å². The van der Waals surface area contributed by atoms with Gasteiger partial charge in [0.05, 0.1) is 0 Å². The Kier molecular flexibility index (Phi) is 7.48. The molecular formula is C21H32N2O2. The number of carbonyl (C=O) groups is 2. The van der Waals surface area contributed by atoms with E-state index in [1.165, 1.54) is 24.8 Å². The Labute approximate surface area is 152 Å². The van der Waals surface area contributed by atoms with E-state index in [1.54, 1.807) is 16.8 Å². The Morgan fingerprint density at radius 2 is 1.56 bits per heavy atom. The van der Waals surface area contributed by atoms with E-state index in [1.807, 2.05) is 13.8 Å². The Bertz CT molecular complexity index is 558. The van der Waals surface area contributed by atoms with Gasteiger partial charge in [-0.15, -0.1) is 0 Å². The molecule has 1 saturated heterocycles. The van der Waals surface area contributed by atoms with Crippen molar-refractivity contribution in [1.82, 2.24) is 9.80 Å². The van der Waals surface area contributed by atoms with Gasteiger partial charge in [0.25, 0.3) is 0 Å². The summed E-state index contributed by atoms with van der Waals surface area (Å²) < 4.78 is 0. The summed E-state index contributed by atoms with van der Waals surface area (Å²) in [6.45, 7) is 4.52. The second kappa shape index (κ2) is 9.59. The molecule has 2 amide bonds. The van der Waals surface area contributed by atoms with E-state index >= 15 is 0 Å². The number of hydrogen-bond acceptors (Lipinski definition) is 2. The van der Waals surface area contributed by atoms with Crippen LogP contribution in [0.25, 0.3) is 0 Å². The summed E-state index contributed by atoms with van der Waals surface area (Å²) in [5, 5.41) is 0. The molecule has 25 heavy (non-hydrogen) atoms. The highest BCUT2D eigenvalue weighted by atomic mass is 16.2. The maximum Gasteiger partial charge on any atom is 0.246 e. The van der Waals surface area contributed by atoms with Crippen molar-refractivity contribution >= 4 is 11.8 Å². The lowest BCUT2D eigenvalue weighted by atomic mass is 10.0. The lowest BCUT2D eigenvalue weighted by Crippen LogP contribution is -2.62. The summed E-state index contributed by atoms with van der Waals surface area (Å²) in [7, 11) is 1.75. The molecule has 0 radical (unpaired) electrons. The molecule has 0 spiro atoms. The van der Waals surface area contributed by atoms with Gasteiger partial charge in [-0.1, -0.05) is 56.5 Å². The number of aryl methyl sites for hydroxylation is 1. The van der Waals surface area contributed by atoms with Crippen molar-refractivity contribution in [1.29, 1.82) is 0 Å². The number of unbranched alkanes of at least 4 members (excludes halogenated alkanes) is 4. The normalized spacial score (nSPS) is 21.1. The molecule has 0 bridgehead atoms. The van der Waals surface area contributed by atoms with E-state index in [9.17, 15) is 9.59 Å². The molecule has 4 heteroatoms. The van der Waals surface area contributed by atoms with E-state index in [2.05, 4.69) is 30.3 Å². The molecule has 1 unspecified atom stereocenters. The van der Waals surface area contributed by atoms with Crippen LogP contribution in [-0.4, -0.2) is 47.3 Å². The summed E-state index contributed by atoms with van der Waals surface area (Å²) in [6, 6.07) is 10.00. The van der Waals surface area contributed by atoms with Crippen molar-refractivity contribution in [2.75, 3.05) is 13.6 Å². The van der Waals surface area contributed by atoms with Crippen LogP contribution in [0.4, 0.5) is 0 Å². The van der Waals surface area contributed by atoms with Gasteiger partial charge in [-0.2, -0.15) is 0 Å². The molecule has 0 N–H and O–H groups in total. The van der Waals surface area contributed by atoms with Crippen LogP contribution >= 0.6 is 0 Å². The Morgan fingerprint density at radius 3 is 2.24 bits per heavy atom. The number of piperazine rings is 1. The van der Waals surface area contributed by atoms with Crippen molar-refractivity contribution in [2.24, 2.45) is 0 Å². The summed E-state index contributed by atoms with van der Waals surface area (Å²) >= 11 is 0. The predicted molar refractivity (Wildman–Crippen MR) is 101 cm³/mol. The summed E-state index contributed by atoms with van der Waals surface area (Å²) in [5.41, 5.74) is 1.41. The zero-order valence-corrected chi connectivity index (χ0v) is 15.9. The number of nitrogens with zero attached hydrogens (tertiary/aromatic N) is 2. The van der Waals surface area contributed by atoms with Gasteiger partial charge >= 0.3 is 0 Å². The number of amides is 2. The molecule has 1 aliphatic heterocycles. The van der Waals surface area contributed by atoms with Gasteiger partial charge in [-0.05, 0) is 38.2 Å². The monoisotopic (exact) mass is 344 g/mol. The molecule has 2 atom stereocenters. The zero-order valence-electron chi connectivity index (χ0n) is 15.9. The third-order valence-electron chi connectivity index (χ3n) is 5.30. The largest absolute Gasteiger partial charge is 0.332 e. The minimum Gasteiger partial charge on any atom is -0.332 e. The van der Waals surface area contributed by atoms with Crippen LogP contribution in [0.2, 0.25) is 0 Å². The summed E-state index contributed by atoms with van der Waals surface area (Å²) in [6.07, 6.45) is 7.54. The van der Waals surface area contributed by atoms with Crippen molar-refractivity contribution in [3.63, 3.8) is 0 Å². The quantitative estimate of drug-likeness (QED) is 0.642. The van der Waals surface area contributed by atoms with Gasteiger partial charge in [0.1, 0.15) is 12.1 Å². The fourth-order valence-corrected chi connectivity index (χ4v) is 3.67. The first kappa shape index (κ1) is 19.5. The van der Waals surface area contributed by atoms with Gasteiger partial charge in [-0.25, -0.2) is 0 Å². The van der Waals surface area contributed by atoms with Gasteiger partial charge in [0, 0.05) is 13.6 Å². The minimum atomic E-state index is -0.321. The zero-order chi connectivity index (χ0) is 18.2. The van der Waals surface area contributed by atoms with Gasteiger partial charge < -0.3 is 9.80 Å². The number of carbonyl (C=O) groups excluding carboxylic acids is 2. The first-order valence-corrected chi connectivity index (χ1v) is 9.67. The highest BCUT2D eigenvalue weighted by Gasteiger charge is 2.40. The molecular weight excluding hydrogens is 312 g/mol. The molecule has 2 rings (SSSR count). The smallest absolute Gasteiger partial charge is 0.246 e. The molecule has 0 saturated carbocycles. The first-order valence-electron chi connectivity index (χ1n) is 9.67. The van der Waals surface area contributed by atoms with E-state index in [0.29, 0.717) is 13.0 Å². The fourth-order valence-electron chi connectivity index (χ4n) is 3.67. The molecule has 138 valence electrons. The molecule has 0 aliphatic carbocycles. The number of rotatable bonds is 9. The van der Waals surface area contributed by atoms with Crippen LogP contribution in [0.1, 0.15) is 57.9 Å². The third kappa shape index (κ3) is 5.07. The number of hydrogen-bond donors (Lipinski definition) is 0. The van der Waals surface area contributed by atoms with E-state index < -0.39 is 0 Å². The molecule has 1 aromatic rings. The van der Waals surface area contributed by atoms with Crippen molar-refractivity contribution < 1.29 is 9.59 Å². The average Bonchev–Trinajstić information content (AvgIpc) is 2.63. The standard InChI is InChI=1S/C21H32N2O2/c1-4-19-21(25)23(17(2)20(24)22(19)3)16-12-7-5-6-9-13-18-14-10-8-11-15-18/h8,10-11,14-15,17,19H,4-7,9,12-13,16H2,1-3H3/t17-,19?/m0/s1. The molecule has 1 aliphatic rings. The van der Waals surface area contributed by atoms with Crippen LogP contribution < -0.4 is 0 Å². The van der Waals surface area contributed by atoms with Crippen LogP contribution in [0, 0.1) is 0 Å². The molecule has 1 aromatic carbocycles. The molecule has 0 aromatic heterocycles. The SMILES string of the molecule is CCC1C(=O)N(CCCCCCCc2ccccc2)[C@@H](C)C(=O)N1C. The second-order valence-corrected chi connectivity index (χ2v) is 7.08. The Morgan fingerprint density at radius 1 is 0.920 bits per heavy atom. The van der Waals surface area contributed by atoms with E-state index in [-0.39, 0.29) is 23.9 Å². The van der Waals surface area contributed by atoms with Gasteiger partial charge in [-0.3, -0.25) is 9.59 Å². The van der Waals surface area contributed by atoms with Gasteiger partial charge in [0.15, 0.2) is 0 Å². The summed E-state index contributed by atoms with van der Waals surface area (Å²) in [5.74, 6) is 0.176. The van der Waals surface area contributed by atoms with E-state index in [0.717, 1.165) is 19.3 Å². The van der Waals surface area contributed by atoms with Gasteiger partial charge in [0.2, 0.25) is 11.8 Å². The predicted octanol–water partition coefficient (Wildman–Crippen LogP) is 3.65. The maximum atomic E-state index is 12.6. The Balaban J connectivity index is 1.66. The van der Waals surface area contributed by atoms with Crippen LogP contribution in [-0.2, 0) is 16.0 Å². The van der Waals surface area contributed by atoms with Crippen molar-refractivity contribution in [3.05, 3.63) is 35.9 Å². The topological polar surface area (TPSA) is 40.6 Å². The first-order chi connectivity index (χ1) is 12.1. The molecule has 4 nitrogen and oxygen atoms in total. The Hall–Kier alpha value is -1.84. The fraction of sp³-hybridized carbons (Fsp3) is 0.619. The van der Waals surface area contributed by atoms with Crippen LogP contribution in [0.3, 0.4) is 0 Å². The highest BCUT2D eigenvalue weighted by Crippen LogP contribution is 2.20. The molecule has 1 heterocycles. The average molecular weight is 344 g/mol. The molecule has 1 fully saturated rings. The maximum absolute atomic E-state index is 12.6. The van der Waals surface area contributed by atoms with E-state index in [4.69, 9.17) is 0 Å². The lowest BCUT2D eigenvalue weighted by molar-refractivity contribution is -0.159. The van der Waals surface area contributed by atoms with Crippen molar-refractivity contribution in [2.45, 2.75) is 70.9 Å². The summed E-state index contributed by atoms with van der Waals surface area (Å²) in [4.78, 5) is 28.3. The highest BCUT2D eigenvalue weighted by molar-refractivity contribution is 5.96. The van der Waals surface area contributed by atoms with Crippen molar-refractivity contribution in [3.8, 4) is 0 Å². The lowest BCUT2D eigenvalue weighted by Gasteiger charge is -2.42.